The van der Waals surface area contributed by atoms with Crippen LogP contribution in [0.2, 0.25) is 0 Å². The highest BCUT2D eigenvalue weighted by atomic mass is 16.2. The van der Waals surface area contributed by atoms with Gasteiger partial charge < -0.3 is 9.80 Å². The maximum absolute atomic E-state index is 11.4. The monoisotopic (exact) mass is 218 g/mol. The lowest BCUT2D eigenvalue weighted by molar-refractivity contribution is -0.128. The summed E-state index contributed by atoms with van der Waals surface area (Å²) in [7, 11) is 0. The largest absolute Gasteiger partial charge is 0.354 e. The molecular weight excluding hydrogens is 200 g/mol. The zero-order valence-corrected chi connectivity index (χ0v) is 9.72. The predicted molar refractivity (Wildman–Crippen MR) is 65.3 cm³/mol. The van der Waals surface area contributed by atoms with Gasteiger partial charge in [-0.2, -0.15) is 0 Å². The fourth-order valence-corrected chi connectivity index (χ4v) is 2.06. The minimum Gasteiger partial charge on any atom is -0.354 e. The van der Waals surface area contributed by atoms with Crippen LogP contribution in [0.1, 0.15) is 19.8 Å². The molecule has 1 amide bonds. The Morgan fingerprint density at radius 2 is 1.81 bits per heavy atom. The topological polar surface area (TPSA) is 23.6 Å². The average molecular weight is 218 g/mol. The molecule has 0 spiro atoms. The van der Waals surface area contributed by atoms with Gasteiger partial charge in [0.05, 0.1) is 6.67 Å². The van der Waals surface area contributed by atoms with Gasteiger partial charge in [-0.3, -0.25) is 4.79 Å². The van der Waals surface area contributed by atoms with E-state index in [4.69, 9.17) is 0 Å². The van der Waals surface area contributed by atoms with Gasteiger partial charge in [-0.15, -0.1) is 0 Å². The fourth-order valence-electron chi connectivity index (χ4n) is 2.06. The van der Waals surface area contributed by atoms with Gasteiger partial charge in [0.25, 0.3) is 0 Å². The molecular formula is C13H18N2O. The molecule has 1 aliphatic heterocycles. The molecule has 1 heterocycles. The molecule has 0 aliphatic carbocycles. The molecule has 1 saturated heterocycles. The van der Waals surface area contributed by atoms with Crippen LogP contribution in [-0.2, 0) is 4.79 Å². The lowest BCUT2D eigenvalue weighted by atomic mass is 10.2. The van der Waals surface area contributed by atoms with Crippen molar-refractivity contribution < 1.29 is 4.79 Å². The summed E-state index contributed by atoms with van der Waals surface area (Å²) in [5.41, 5.74) is 1.20. The number of hydrogen-bond donors (Lipinski definition) is 0. The number of para-hydroxylation sites is 1. The summed E-state index contributed by atoms with van der Waals surface area (Å²) in [6.07, 6.45) is 2.25. The Kier molecular flexibility index (Phi) is 3.44. The number of nitrogens with zero attached hydrogens (tertiary/aromatic N) is 2. The smallest absolute Gasteiger partial charge is 0.220 e. The van der Waals surface area contributed by atoms with Gasteiger partial charge >= 0.3 is 0 Å². The molecule has 0 saturated carbocycles. The third-order valence-electron chi connectivity index (χ3n) is 3.01. The zero-order chi connectivity index (χ0) is 11.4. The molecule has 0 radical (unpaired) electrons. The van der Waals surface area contributed by atoms with Crippen LogP contribution in [0, 0.1) is 0 Å². The fraction of sp³-hybridized carbons (Fsp3) is 0.462. The molecule has 0 unspecified atom stereocenters. The van der Waals surface area contributed by atoms with Gasteiger partial charge in [-0.1, -0.05) is 18.2 Å². The average Bonchev–Trinajstić information content (AvgIpc) is 2.56. The van der Waals surface area contributed by atoms with Crippen molar-refractivity contribution in [1.29, 1.82) is 0 Å². The van der Waals surface area contributed by atoms with Gasteiger partial charge in [0.15, 0.2) is 0 Å². The van der Waals surface area contributed by atoms with Gasteiger partial charge in [0.1, 0.15) is 0 Å². The number of benzene rings is 1. The Balaban J connectivity index is 2.12. The number of rotatable bonds is 1. The number of carbonyl (C=O) groups excluding carboxylic acids is 1. The van der Waals surface area contributed by atoms with Gasteiger partial charge in [-0.05, 0) is 25.0 Å². The summed E-state index contributed by atoms with van der Waals surface area (Å²) >= 11 is 0. The van der Waals surface area contributed by atoms with E-state index < -0.39 is 0 Å². The van der Waals surface area contributed by atoms with Crippen molar-refractivity contribution in [3.05, 3.63) is 30.3 Å². The lowest BCUT2D eigenvalue weighted by Crippen LogP contribution is -2.39. The minimum absolute atomic E-state index is 0.169. The number of amides is 1. The van der Waals surface area contributed by atoms with E-state index in [9.17, 15) is 4.79 Å². The molecule has 2 rings (SSSR count). The summed E-state index contributed by atoms with van der Waals surface area (Å²) in [5, 5.41) is 0. The van der Waals surface area contributed by atoms with Crippen LogP contribution in [0.5, 0.6) is 0 Å². The first kappa shape index (κ1) is 11.0. The highest BCUT2D eigenvalue weighted by molar-refractivity contribution is 5.73. The van der Waals surface area contributed by atoms with Crippen molar-refractivity contribution in [1.82, 2.24) is 4.90 Å². The molecule has 1 aromatic carbocycles. The lowest BCUT2D eigenvalue weighted by Gasteiger charge is -2.28. The molecule has 16 heavy (non-hydrogen) atoms. The summed E-state index contributed by atoms with van der Waals surface area (Å²) in [5.74, 6) is 0.169. The van der Waals surface area contributed by atoms with E-state index in [2.05, 4.69) is 17.0 Å². The summed E-state index contributed by atoms with van der Waals surface area (Å²) in [6, 6.07) is 10.3. The van der Waals surface area contributed by atoms with Crippen LogP contribution >= 0.6 is 0 Å². The molecule has 1 aliphatic rings. The minimum atomic E-state index is 0.169. The Morgan fingerprint density at radius 1 is 1.12 bits per heavy atom. The number of anilines is 1. The SMILES string of the molecule is CC(=O)N1CCCCN(c2ccccc2)C1. The molecule has 0 aromatic heterocycles. The van der Waals surface area contributed by atoms with Crippen LogP contribution in [0.15, 0.2) is 30.3 Å². The highest BCUT2D eigenvalue weighted by Crippen LogP contribution is 2.17. The zero-order valence-electron chi connectivity index (χ0n) is 9.72. The van der Waals surface area contributed by atoms with Crippen LogP contribution < -0.4 is 4.90 Å². The summed E-state index contributed by atoms with van der Waals surface area (Å²) < 4.78 is 0. The summed E-state index contributed by atoms with van der Waals surface area (Å²) in [4.78, 5) is 15.6. The van der Waals surface area contributed by atoms with Crippen molar-refractivity contribution in [3.8, 4) is 0 Å². The first-order chi connectivity index (χ1) is 7.77. The first-order valence-electron chi connectivity index (χ1n) is 5.83. The van der Waals surface area contributed by atoms with E-state index in [-0.39, 0.29) is 5.91 Å². The van der Waals surface area contributed by atoms with Gasteiger partial charge in [0.2, 0.25) is 5.91 Å². The van der Waals surface area contributed by atoms with E-state index in [0.717, 1.165) is 32.6 Å². The van der Waals surface area contributed by atoms with E-state index in [0.29, 0.717) is 0 Å². The Morgan fingerprint density at radius 3 is 2.50 bits per heavy atom. The molecule has 86 valence electrons. The molecule has 1 fully saturated rings. The molecule has 3 heteroatoms. The Labute approximate surface area is 96.7 Å². The molecule has 0 bridgehead atoms. The third kappa shape index (κ3) is 2.54. The Bertz CT molecular complexity index is 350. The van der Waals surface area contributed by atoms with Crippen LogP contribution in [-0.4, -0.2) is 30.6 Å². The second-order valence-corrected chi connectivity index (χ2v) is 4.23. The van der Waals surface area contributed by atoms with E-state index >= 15 is 0 Å². The normalized spacial score (nSPS) is 17.1. The third-order valence-corrected chi connectivity index (χ3v) is 3.01. The number of carbonyl (C=O) groups is 1. The van der Waals surface area contributed by atoms with Crippen molar-refractivity contribution in [3.63, 3.8) is 0 Å². The van der Waals surface area contributed by atoms with E-state index in [1.165, 1.54) is 5.69 Å². The second kappa shape index (κ2) is 5.01. The molecule has 0 N–H and O–H groups in total. The Hall–Kier alpha value is -1.51. The molecule has 3 nitrogen and oxygen atoms in total. The van der Waals surface area contributed by atoms with Crippen LogP contribution in [0.25, 0.3) is 0 Å². The van der Waals surface area contributed by atoms with Crippen LogP contribution in [0.4, 0.5) is 5.69 Å². The second-order valence-electron chi connectivity index (χ2n) is 4.23. The standard InChI is InChI=1S/C13H18N2O/c1-12(16)14-9-5-6-10-15(11-14)13-7-3-2-4-8-13/h2-4,7-8H,5-6,9-11H2,1H3. The van der Waals surface area contributed by atoms with E-state index in [1.807, 2.05) is 23.1 Å². The maximum Gasteiger partial charge on any atom is 0.220 e. The summed E-state index contributed by atoms with van der Waals surface area (Å²) in [6.45, 7) is 4.29. The highest BCUT2D eigenvalue weighted by Gasteiger charge is 2.17. The van der Waals surface area contributed by atoms with Gasteiger partial charge in [-0.25, -0.2) is 0 Å². The van der Waals surface area contributed by atoms with Crippen molar-refractivity contribution in [2.75, 3.05) is 24.7 Å². The van der Waals surface area contributed by atoms with E-state index in [1.54, 1.807) is 6.92 Å². The first-order valence-corrected chi connectivity index (χ1v) is 5.83. The predicted octanol–water partition coefficient (Wildman–Crippen LogP) is 2.09. The number of hydrogen-bond acceptors (Lipinski definition) is 2. The quantitative estimate of drug-likeness (QED) is 0.720. The molecule has 0 atom stereocenters. The van der Waals surface area contributed by atoms with Gasteiger partial charge in [0, 0.05) is 25.7 Å². The van der Waals surface area contributed by atoms with Crippen LogP contribution in [0.3, 0.4) is 0 Å². The van der Waals surface area contributed by atoms with Crippen molar-refractivity contribution in [2.24, 2.45) is 0 Å². The van der Waals surface area contributed by atoms with Crippen molar-refractivity contribution in [2.45, 2.75) is 19.8 Å². The molecule has 1 aromatic rings. The van der Waals surface area contributed by atoms with Crippen molar-refractivity contribution >= 4 is 11.6 Å². The maximum atomic E-state index is 11.4.